The molecule has 0 fully saturated rings. The number of halogens is 4. The Balaban J connectivity index is 3.39. The Labute approximate surface area is 67.5 Å². The molecule has 1 atom stereocenters. The summed E-state index contributed by atoms with van der Waals surface area (Å²) in [4.78, 5) is 0. The summed E-state index contributed by atoms with van der Waals surface area (Å²) in [5, 5.41) is 8.34. The van der Waals surface area contributed by atoms with Gasteiger partial charge in [-0.05, 0) is 0 Å². The fourth-order valence-electron chi connectivity index (χ4n) is 0.156. The van der Waals surface area contributed by atoms with Crippen molar-refractivity contribution < 1.29 is 5.11 Å². The minimum Gasteiger partial charge on any atom is -0.377 e. The first-order valence-electron chi connectivity index (χ1n) is 1.67. The second-order valence-corrected chi connectivity index (χ2v) is 3.90. The van der Waals surface area contributed by atoms with Gasteiger partial charge in [-0.15, -0.1) is 0 Å². The average Bonchev–Trinajstić information content (AvgIpc) is 1.21. The molecule has 0 aliphatic rings. The maximum atomic E-state index is 8.34. The van der Waals surface area contributed by atoms with E-state index in [1.165, 1.54) is 0 Å². The molecule has 0 spiro atoms. The van der Waals surface area contributed by atoms with Crippen LogP contribution in [-0.4, -0.2) is 14.5 Å². The number of aliphatic hydroxyl groups is 1. The Morgan fingerprint density at radius 3 is 1.75 bits per heavy atom. The molecular formula is C3H3Cl4O. The van der Waals surface area contributed by atoms with E-state index >= 15 is 0 Å². The normalized spacial score (nSPS) is 16.1. The molecule has 1 unspecified atom stereocenters. The minimum atomic E-state index is -1.57. The highest BCUT2D eigenvalue weighted by Gasteiger charge is 2.23. The lowest BCUT2D eigenvalue weighted by Crippen LogP contribution is -2.11. The molecule has 0 bridgehead atoms. The summed E-state index contributed by atoms with van der Waals surface area (Å²) in [6, 6.07) is 0. The quantitative estimate of drug-likeness (QED) is 0.638. The minimum absolute atomic E-state index is 0.971. The zero-order chi connectivity index (χ0) is 6.78. The van der Waals surface area contributed by atoms with Crippen molar-refractivity contribution in [3.63, 3.8) is 0 Å². The molecule has 1 N–H and O–H groups in total. The highest BCUT2D eigenvalue weighted by Crippen LogP contribution is 2.30. The molecule has 0 saturated heterocycles. The molecule has 5 heteroatoms. The summed E-state index contributed by atoms with van der Waals surface area (Å²) in [7, 11) is 0. The van der Waals surface area contributed by atoms with Crippen molar-refractivity contribution in [1.82, 2.24) is 0 Å². The van der Waals surface area contributed by atoms with Gasteiger partial charge >= 0.3 is 0 Å². The fraction of sp³-hybridized carbons (Fsp3) is 0.667. The molecule has 0 rings (SSSR count). The summed E-state index contributed by atoms with van der Waals surface area (Å²) in [6.45, 7) is 0. The van der Waals surface area contributed by atoms with Gasteiger partial charge in [0.2, 0.25) is 0 Å². The van der Waals surface area contributed by atoms with Gasteiger partial charge in [0.15, 0.2) is 3.79 Å². The maximum absolute atomic E-state index is 8.34. The van der Waals surface area contributed by atoms with Gasteiger partial charge in [-0.3, -0.25) is 0 Å². The van der Waals surface area contributed by atoms with Gasteiger partial charge < -0.3 is 5.11 Å². The van der Waals surface area contributed by atoms with Crippen LogP contribution in [0.3, 0.4) is 0 Å². The highest BCUT2D eigenvalue weighted by molar-refractivity contribution is 6.68. The molecule has 0 aromatic rings. The van der Waals surface area contributed by atoms with E-state index < -0.39 is 9.36 Å². The fourth-order valence-corrected chi connectivity index (χ4v) is 0.896. The van der Waals surface area contributed by atoms with Gasteiger partial charge in [0.1, 0.15) is 5.56 Å². The van der Waals surface area contributed by atoms with Crippen molar-refractivity contribution in [1.29, 1.82) is 0 Å². The second kappa shape index (κ2) is 3.33. The third-order valence-corrected chi connectivity index (χ3v) is 0.830. The van der Waals surface area contributed by atoms with Crippen LogP contribution >= 0.6 is 46.4 Å². The summed E-state index contributed by atoms with van der Waals surface area (Å²) >= 11 is 20.5. The number of alkyl halides is 4. The summed E-state index contributed by atoms with van der Waals surface area (Å²) < 4.78 is -1.57. The number of aliphatic hydroxyl groups excluding tert-OH is 1. The van der Waals surface area contributed by atoms with Crippen LogP contribution < -0.4 is 0 Å². The smallest absolute Gasteiger partial charge is 0.197 e. The summed E-state index contributed by atoms with van der Waals surface area (Å²) in [5.74, 6) is 0. The molecular weight excluding hydrogens is 194 g/mol. The number of hydrogen-bond donors (Lipinski definition) is 1. The lowest BCUT2D eigenvalue weighted by Gasteiger charge is -2.09. The third-order valence-electron chi connectivity index (χ3n) is 0.327. The zero-order valence-corrected chi connectivity index (χ0v) is 6.64. The van der Waals surface area contributed by atoms with Crippen molar-refractivity contribution in [2.24, 2.45) is 0 Å². The first-order chi connectivity index (χ1) is 3.42. The Hall–Kier alpha value is 1.12. The van der Waals surface area contributed by atoms with Crippen molar-refractivity contribution in [3.8, 4) is 0 Å². The van der Waals surface area contributed by atoms with E-state index in [4.69, 9.17) is 51.5 Å². The molecule has 0 aromatic carbocycles. The van der Waals surface area contributed by atoms with Crippen LogP contribution in [0.2, 0.25) is 0 Å². The van der Waals surface area contributed by atoms with Crippen LogP contribution in [0.5, 0.6) is 0 Å². The van der Waals surface area contributed by atoms with Crippen LogP contribution in [-0.2, 0) is 0 Å². The number of hydrogen-bond acceptors (Lipinski definition) is 1. The van der Waals surface area contributed by atoms with E-state index in [0.717, 1.165) is 6.42 Å². The monoisotopic (exact) mass is 195 g/mol. The molecule has 8 heavy (non-hydrogen) atoms. The predicted octanol–water partition coefficient (Wildman–Crippen LogP) is 2.12. The van der Waals surface area contributed by atoms with E-state index in [1.807, 2.05) is 0 Å². The van der Waals surface area contributed by atoms with Gasteiger partial charge in [0.05, 0.1) is 6.42 Å². The van der Waals surface area contributed by atoms with E-state index in [2.05, 4.69) is 0 Å². The van der Waals surface area contributed by atoms with E-state index in [1.54, 1.807) is 0 Å². The lowest BCUT2D eigenvalue weighted by molar-refractivity contribution is 0.285. The van der Waals surface area contributed by atoms with Crippen LogP contribution in [0, 0.1) is 6.42 Å². The Kier molecular flexibility index (Phi) is 3.79. The van der Waals surface area contributed by atoms with Gasteiger partial charge in [0.25, 0.3) is 0 Å². The van der Waals surface area contributed by atoms with Crippen LogP contribution in [0.4, 0.5) is 0 Å². The topological polar surface area (TPSA) is 20.2 Å². The predicted molar refractivity (Wildman–Crippen MR) is 36.4 cm³/mol. The van der Waals surface area contributed by atoms with Crippen molar-refractivity contribution >= 4 is 46.4 Å². The highest BCUT2D eigenvalue weighted by atomic mass is 35.6. The second-order valence-electron chi connectivity index (χ2n) is 1.08. The first kappa shape index (κ1) is 9.12. The molecule has 0 heterocycles. The summed E-state index contributed by atoms with van der Waals surface area (Å²) in [6.07, 6.45) is 0.971. The maximum Gasteiger partial charge on any atom is 0.197 e. The molecule has 0 aromatic heterocycles. The Bertz CT molecular complexity index is 66.2. The molecule has 0 amide bonds. The molecule has 49 valence electrons. The van der Waals surface area contributed by atoms with Gasteiger partial charge in [-0.25, -0.2) is 0 Å². The lowest BCUT2D eigenvalue weighted by atomic mass is 10.5. The van der Waals surface area contributed by atoms with Crippen molar-refractivity contribution in [2.75, 3.05) is 0 Å². The van der Waals surface area contributed by atoms with E-state index in [-0.39, 0.29) is 0 Å². The van der Waals surface area contributed by atoms with Gasteiger partial charge in [-0.2, -0.15) is 0 Å². The largest absolute Gasteiger partial charge is 0.377 e. The van der Waals surface area contributed by atoms with Gasteiger partial charge in [-0.1, -0.05) is 46.4 Å². The van der Waals surface area contributed by atoms with Crippen LogP contribution in [0.1, 0.15) is 0 Å². The van der Waals surface area contributed by atoms with Crippen LogP contribution in [0.15, 0.2) is 0 Å². The standard InChI is InChI=1S/C3H3Cl4O/c4-2(8)1-3(5,6)7/h1-2,8H. The molecule has 1 radical (unpaired) electrons. The van der Waals surface area contributed by atoms with E-state index in [0.29, 0.717) is 0 Å². The molecule has 0 aliphatic heterocycles. The van der Waals surface area contributed by atoms with E-state index in [9.17, 15) is 0 Å². The first-order valence-corrected chi connectivity index (χ1v) is 3.24. The molecule has 1 nitrogen and oxygen atoms in total. The van der Waals surface area contributed by atoms with Crippen molar-refractivity contribution in [2.45, 2.75) is 9.36 Å². The average molecular weight is 197 g/mol. The SMILES string of the molecule is OC(Cl)[CH]C(Cl)(Cl)Cl. The third kappa shape index (κ3) is 7.12. The number of rotatable bonds is 1. The molecule has 0 aliphatic carbocycles. The van der Waals surface area contributed by atoms with Gasteiger partial charge in [0, 0.05) is 0 Å². The Morgan fingerprint density at radius 2 is 1.75 bits per heavy atom. The Morgan fingerprint density at radius 1 is 1.38 bits per heavy atom. The molecule has 0 saturated carbocycles. The van der Waals surface area contributed by atoms with Crippen LogP contribution in [0.25, 0.3) is 0 Å². The zero-order valence-electron chi connectivity index (χ0n) is 3.61. The summed E-state index contributed by atoms with van der Waals surface area (Å²) in [5.41, 5.74) is -1.21. The van der Waals surface area contributed by atoms with Crippen molar-refractivity contribution in [3.05, 3.63) is 6.42 Å².